The lowest BCUT2D eigenvalue weighted by Crippen LogP contribution is -2.24. The molecular formula is C22H24N4O3. The van der Waals surface area contributed by atoms with Gasteiger partial charge in [-0.25, -0.2) is 9.97 Å². The van der Waals surface area contributed by atoms with Gasteiger partial charge in [0.15, 0.2) is 11.5 Å². The van der Waals surface area contributed by atoms with Crippen LogP contribution in [0.3, 0.4) is 0 Å². The molecule has 0 aliphatic rings. The van der Waals surface area contributed by atoms with E-state index < -0.39 is 0 Å². The van der Waals surface area contributed by atoms with Gasteiger partial charge in [0.25, 0.3) is 5.91 Å². The standard InChI is InChI=1S/C22H24N4O3/c1-14-6-5-7-17(10-14)25-22-24-15(2)11-18(26-22)21(27)23-13-16-8-9-19(28-3)20(12-16)29-4/h5-12H,13H2,1-4H3,(H,23,27)(H,24,25,26). The monoisotopic (exact) mass is 392 g/mol. The van der Waals surface area contributed by atoms with E-state index >= 15 is 0 Å². The Bertz CT molecular complexity index is 1020. The first kappa shape index (κ1) is 20.1. The highest BCUT2D eigenvalue weighted by Crippen LogP contribution is 2.27. The molecule has 0 atom stereocenters. The van der Waals surface area contributed by atoms with Crippen LogP contribution in [0.2, 0.25) is 0 Å². The lowest BCUT2D eigenvalue weighted by Gasteiger charge is -2.11. The van der Waals surface area contributed by atoms with Crippen molar-refractivity contribution >= 4 is 17.5 Å². The largest absolute Gasteiger partial charge is 0.493 e. The number of nitrogens with zero attached hydrogens (tertiary/aromatic N) is 2. The number of carbonyl (C=O) groups excluding carboxylic acids is 1. The van der Waals surface area contributed by atoms with Gasteiger partial charge in [-0.05, 0) is 55.3 Å². The van der Waals surface area contributed by atoms with Crippen LogP contribution in [0, 0.1) is 13.8 Å². The number of nitrogens with one attached hydrogen (secondary N) is 2. The van der Waals surface area contributed by atoms with Gasteiger partial charge in [0.2, 0.25) is 5.95 Å². The molecule has 1 amide bonds. The first-order valence-corrected chi connectivity index (χ1v) is 9.17. The number of rotatable bonds is 7. The van der Waals surface area contributed by atoms with Crippen molar-refractivity contribution in [2.75, 3.05) is 19.5 Å². The third kappa shape index (κ3) is 5.22. The van der Waals surface area contributed by atoms with Crippen LogP contribution in [-0.2, 0) is 6.54 Å². The second-order valence-electron chi connectivity index (χ2n) is 6.58. The van der Waals surface area contributed by atoms with E-state index in [9.17, 15) is 4.79 Å². The minimum atomic E-state index is -0.280. The first-order valence-electron chi connectivity index (χ1n) is 9.17. The van der Waals surface area contributed by atoms with Gasteiger partial charge in [-0.1, -0.05) is 18.2 Å². The average Bonchev–Trinajstić information content (AvgIpc) is 2.71. The molecule has 0 aliphatic carbocycles. The van der Waals surface area contributed by atoms with Crippen molar-refractivity contribution in [1.82, 2.24) is 15.3 Å². The summed E-state index contributed by atoms with van der Waals surface area (Å²) in [7, 11) is 3.16. The van der Waals surface area contributed by atoms with Gasteiger partial charge >= 0.3 is 0 Å². The maximum Gasteiger partial charge on any atom is 0.270 e. The molecule has 2 aromatic carbocycles. The minimum Gasteiger partial charge on any atom is -0.493 e. The Hall–Kier alpha value is -3.61. The van der Waals surface area contributed by atoms with E-state index in [4.69, 9.17) is 9.47 Å². The summed E-state index contributed by atoms with van der Waals surface area (Å²) in [5, 5.41) is 6.03. The van der Waals surface area contributed by atoms with Gasteiger partial charge in [0, 0.05) is 17.9 Å². The van der Waals surface area contributed by atoms with Gasteiger partial charge in [-0.15, -0.1) is 0 Å². The van der Waals surface area contributed by atoms with Crippen molar-refractivity contribution in [3.8, 4) is 11.5 Å². The Morgan fingerprint density at radius 2 is 1.76 bits per heavy atom. The molecule has 0 aliphatic heterocycles. The van der Waals surface area contributed by atoms with Crippen LogP contribution < -0.4 is 20.1 Å². The number of carbonyl (C=O) groups is 1. The Morgan fingerprint density at radius 1 is 0.966 bits per heavy atom. The summed E-state index contributed by atoms with van der Waals surface area (Å²) < 4.78 is 10.5. The molecular weight excluding hydrogens is 368 g/mol. The van der Waals surface area contributed by atoms with Crippen LogP contribution in [0.4, 0.5) is 11.6 Å². The molecule has 3 aromatic rings. The highest BCUT2D eigenvalue weighted by atomic mass is 16.5. The van der Waals surface area contributed by atoms with Crippen molar-refractivity contribution < 1.29 is 14.3 Å². The zero-order chi connectivity index (χ0) is 20.8. The lowest BCUT2D eigenvalue weighted by atomic mass is 10.2. The van der Waals surface area contributed by atoms with Gasteiger partial charge in [-0.2, -0.15) is 0 Å². The normalized spacial score (nSPS) is 10.3. The SMILES string of the molecule is COc1ccc(CNC(=O)c2cc(C)nc(Nc3cccc(C)c3)n2)cc1OC. The van der Waals surface area contributed by atoms with E-state index in [1.54, 1.807) is 26.4 Å². The number of aryl methyl sites for hydroxylation is 2. The second kappa shape index (κ2) is 9.05. The van der Waals surface area contributed by atoms with Crippen molar-refractivity contribution in [2.24, 2.45) is 0 Å². The number of methoxy groups -OCH3 is 2. The third-order valence-electron chi connectivity index (χ3n) is 4.26. The number of aromatic nitrogens is 2. The van der Waals surface area contributed by atoms with Crippen LogP contribution in [0.15, 0.2) is 48.5 Å². The number of ether oxygens (including phenoxy) is 2. The zero-order valence-electron chi connectivity index (χ0n) is 16.9. The van der Waals surface area contributed by atoms with Crippen LogP contribution in [-0.4, -0.2) is 30.1 Å². The van der Waals surface area contributed by atoms with Gasteiger partial charge < -0.3 is 20.1 Å². The molecule has 7 heteroatoms. The predicted octanol–water partition coefficient (Wildman–Crippen LogP) is 3.78. The van der Waals surface area contributed by atoms with Crippen LogP contribution >= 0.6 is 0 Å². The topological polar surface area (TPSA) is 85.4 Å². The highest BCUT2D eigenvalue weighted by Gasteiger charge is 2.12. The minimum absolute atomic E-state index is 0.280. The van der Waals surface area contributed by atoms with Crippen molar-refractivity contribution in [2.45, 2.75) is 20.4 Å². The van der Waals surface area contributed by atoms with E-state index in [2.05, 4.69) is 20.6 Å². The zero-order valence-corrected chi connectivity index (χ0v) is 16.9. The van der Waals surface area contributed by atoms with E-state index in [0.29, 0.717) is 35.4 Å². The number of amides is 1. The maximum atomic E-state index is 12.6. The molecule has 3 rings (SSSR count). The fourth-order valence-electron chi connectivity index (χ4n) is 2.86. The maximum absolute atomic E-state index is 12.6. The molecule has 7 nitrogen and oxygen atoms in total. The molecule has 0 saturated heterocycles. The Morgan fingerprint density at radius 3 is 2.48 bits per heavy atom. The fraction of sp³-hybridized carbons (Fsp3) is 0.227. The highest BCUT2D eigenvalue weighted by molar-refractivity contribution is 5.92. The van der Waals surface area contributed by atoms with E-state index in [0.717, 1.165) is 16.8 Å². The molecule has 29 heavy (non-hydrogen) atoms. The number of benzene rings is 2. The number of hydrogen-bond acceptors (Lipinski definition) is 6. The van der Waals surface area contributed by atoms with E-state index in [1.165, 1.54) is 0 Å². The van der Waals surface area contributed by atoms with E-state index in [-0.39, 0.29) is 5.91 Å². The summed E-state index contributed by atoms with van der Waals surface area (Å²) in [5.41, 5.74) is 3.88. The molecule has 1 aromatic heterocycles. The fourth-order valence-corrected chi connectivity index (χ4v) is 2.86. The average molecular weight is 392 g/mol. The quantitative estimate of drug-likeness (QED) is 0.636. The molecule has 0 fully saturated rings. The summed E-state index contributed by atoms with van der Waals surface area (Å²) >= 11 is 0. The molecule has 150 valence electrons. The number of anilines is 2. The summed E-state index contributed by atoms with van der Waals surface area (Å²) in [6.45, 7) is 4.17. The van der Waals surface area contributed by atoms with Crippen molar-refractivity contribution in [1.29, 1.82) is 0 Å². The summed E-state index contributed by atoms with van der Waals surface area (Å²) in [6, 6.07) is 15.0. The predicted molar refractivity (Wildman–Crippen MR) is 112 cm³/mol. The molecule has 1 heterocycles. The number of hydrogen-bond donors (Lipinski definition) is 2. The molecule has 0 radical (unpaired) electrons. The van der Waals surface area contributed by atoms with Gasteiger partial charge in [0.1, 0.15) is 5.69 Å². The van der Waals surface area contributed by atoms with Crippen LogP contribution in [0.1, 0.15) is 27.3 Å². The van der Waals surface area contributed by atoms with Crippen molar-refractivity contribution in [3.63, 3.8) is 0 Å². The van der Waals surface area contributed by atoms with Crippen molar-refractivity contribution in [3.05, 3.63) is 71.0 Å². The van der Waals surface area contributed by atoms with Crippen LogP contribution in [0.25, 0.3) is 0 Å². The van der Waals surface area contributed by atoms with Gasteiger partial charge in [-0.3, -0.25) is 4.79 Å². The summed E-state index contributed by atoms with van der Waals surface area (Å²) in [5.74, 6) is 1.35. The Balaban J connectivity index is 1.71. The smallest absolute Gasteiger partial charge is 0.270 e. The molecule has 0 spiro atoms. The first-order chi connectivity index (χ1) is 14.0. The molecule has 0 unspecified atom stereocenters. The van der Waals surface area contributed by atoms with Gasteiger partial charge in [0.05, 0.1) is 14.2 Å². The molecule has 0 saturated carbocycles. The Labute approximate surface area is 170 Å². The van der Waals surface area contributed by atoms with E-state index in [1.807, 2.05) is 50.2 Å². The molecule has 0 bridgehead atoms. The second-order valence-corrected chi connectivity index (χ2v) is 6.58. The summed E-state index contributed by atoms with van der Waals surface area (Å²) in [6.07, 6.45) is 0. The summed E-state index contributed by atoms with van der Waals surface area (Å²) in [4.78, 5) is 21.3. The molecule has 2 N–H and O–H groups in total. The van der Waals surface area contributed by atoms with Crippen LogP contribution in [0.5, 0.6) is 11.5 Å². The Kier molecular flexibility index (Phi) is 6.29. The lowest BCUT2D eigenvalue weighted by molar-refractivity contribution is 0.0945. The third-order valence-corrected chi connectivity index (χ3v) is 4.26.